The third-order valence-electron chi connectivity index (χ3n) is 3.95. The molecule has 0 heterocycles. The summed E-state index contributed by atoms with van der Waals surface area (Å²) in [6.07, 6.45) is 2.67. The Balaban J connectivity index is 0.00000242. The highest BCUT2D eigenvalue weighted by Crippen LogP contribution is 2.25. The number of carbonyl (C=O) groups is 1. The predicted molar refractivity (Wildman–Crippen MR) is 88.7 cm³/mol. The molecular formula is C16H25ClN2O3. The smallest absolute Gasteiger partial charge is 0.225 e. The standard InChI is InChI=1S/C16H24N2O3.ClH/c1-18(16(19)12-3-4-13(17)11-12)9-10-21-15-7-5-14(20-2)6-8-15;/h5-8,12-13H,3-4,9-11,17H2,1-2H3;1H. The minimum atomic E-state index is 0. The maximum atomic E-state index is 12.2. The van der Waals surface area contributed by atoms with Crippen molar-refractivity contribution in [2.75, 3.05) is 27.3 Å². The van der Waals surface area contributed by atoms with Crippen LogP contribution in [0.15, 0.2) is 24.3 Å². The summed E-state index contributed by atoms with van der Waals surface area (Å²) in [5, 5.41) is 0. The summed E-state index contributed by atoms with van der Waals surface area (Å²) >= 11 is 0. The normalized spacial score (nSPS) is 20.1. The fourth-order valence-corrected chi connectivity index (χ4v) is 2.63. The molecule has 1 aliphatic carbocycles. The summed E-state index contributed by atoms with van der Waals surface area (Å²) in [6, 6.07) is 7.60. The number of halogens is 1. The molecule has 0 aromatic heterocycles. The topological polar surface area (TPSA) is 64.8 Å². The monoisotopic (exact) mass is 328 g/mol. The van der Waals surface area contributed by atoms with Gasteiger partial charge in [-0.15, -0.1) is 12.4 Å². The summed E-state index contributed by atoms with van der Waals surface area (Å²) < 4.78 is 10.7. The van der Waals surface area contributed by atoms with Crippen LogP contribution in [0.5, 0.6) is 11.5 Å². The van der Waals surface area contributed by atoms with Crippen LogP contribution in [0, 0.1) is 5.92 Å². The number of hydrogen-bond acceptors (Lipinski definition) is 4. The molecular weight excluding hydrogens is 304 g/mol. The minimum Gasteiger partial charge on any atom is -0.497 e. The molecule has 2 N–H and O–H groups in total. The second-order valence-corrected chi connectivity index (χ2v) is 5.55. The molecule has 0 bridgehead atoms. The maximum Gasteiger partial charge on any atom is 0.225 e. The summed E-state index contributed by atoms with van der Waals surface area (Å²) in [7, 11) is 3.45. The number of carbonyl (C=O) groups excluding carboxylic acids is 1. The Morgan fingerprint density at radius 2 is 1.91 bits per heavy atom. The highest BCUT2D eigenvalue weighted by molar-refractivity contribution is 5.85. The van der Waals surface area contributed by atoms with Crippen molar-refractivity contribution in [2.45, 2.75) is 25.3 Å². The second-order valence-electron chi connectivity index (χ2n) is 5.55. The molecule has 124 valence electrons. The number of nitrogens with zero attached hydrogens (tertiary/aromatic N) is 1. The third kappa shape index (κ3) is 5.07. The fraction of sp³-hybridized carbons (Fsp3) is 0.562. The molecule has 2 unspecified atom stereocenters. The summed E-state index contributed by atoms with van der Waals surface area (Å²) in [5.41, 5.74) is 5.86. The van der Waals surface area contributed by atoms with Crippen LogP contribution in [0.4, 0.5) is 0 Å². The number of nitrogens with two attached hydrogens (primary N) is 1. The van der Waals surface area contributed by atoms with Crippen molar-refractivity contribution < 1.29 is 14.3 Å². The number of benzene rings is 1. The highest BCUT2D eigenvalue weighted by atomic mass is 35.5. The molecule has 5 nitrogen and oxygen atoms in total. The number of amides is 1. The predicted octanol–water partition coefficient (Wildman–Crippen LogP) is 2.08. The van der Waals surface area contributed by atoms with Crippen LogP contribution in [0.1, 0.15) is 19.3 Å². The zero-order valence-electron chi connectivity index (χ0n) is 13.2. The Labute approximate surface area is 138 Å². The molecule has 1 aromatic carbocycles. The van der Waals surface area contributed by atoms with Gasteiger partial charge in [0.15, 0.2) is 0 Å². The molecule has 1 aromatic rings. The number of likely N-dealkylation sites (N-methyl/N-ethyl adjacent to an activating group) is 1. The van der Waals surface area contributed by atoms with Gasteiger partial charge in [0.05, 0.1) is 13.7 Å². The Bertz CT molecular complexity index is 467. The lowest BCUT2D eigenvalue weighted by atomic mass is 10.1. The van der Waals surface area contributed by atoms with Crippen molar-refractivity contribution in [3.05, 3.63) is 24.3 Å². The van der Waals surface area contributed by atoms with Crippen molar-refractivity contribution in [1.82, 2.24) is 4.90 Å². The number of ether oxygens (including phenoxy) is 2. The van der Waals surface area contributed by atoms with E-state index in [1.807, 2.05) is 31.3 Å². The molecule has 0 saturated heterocycles. The average molecular weight is 329 g/mol. The van der Waals surface area contributed by atoms with Crippen LogP contribution in [0.2, 0.25) is 0 Å². The van der Waals surface area contributed by atoms with Gasteiger partial charge in [-0.05, 0) is 43.5 Å². The van der Waals surface area contributed by atoms with Gasteiger partial charge in [-0.3, -0.25) is 4.79 Å². The highest BCUT2D eigenvalue weighted by Gasteiger charge is 2.29. The van der Waals surface area contributed by atoms with Crippen LogP contribution in [-0.2, 0) is 4.79 Å². The van der Waals surface area contributed by atoms with E-state index in [0.717, 1.165) is 30.8 Å². The van der Waals surface area contributed by atoms with Gasteiger partial charge in [0.1, 0.15) is 18.1 Å². The van der Waals surface area contributed by atoms with Crippen LogP contribution < -0.4 is 15.2 Å². The fourth-order valence-electron chi connectivity index (χ4n) is 2.63. The van der Waals surface area contributed by atoms with Gasteiger partial charge in [-0.25, -0.2) is 0 Å². The van der Waals surface area contributed by atoms with E-state index in [1.54, 1.807) is 12.0 Å². The first-order chi connectivity index (χ1) is 10.1. The molecule has 1 fully saturated rings. The van der Waals surface area contributed by atoms with Crippen LogP contribution in [0.3, 0.4) is 0 Å². The molecule has 2 rings (SSSR count). The Morgan fingerprint density at radius 1 is 1.27 bits per heavy atom. The second kappa shape index (κ2) is 8.86. The number of rotatable bonds is 6. The molecule has 1 amide bonds. The Morgan fingerprint density at radius 3 is 2.45 bits per heavy atom. The molecule has 22 heavy (non-hydrogen) atoms. The van der Waals surface area contributed by atoms with E-state index >= 15 is 0 Å². The van der Waals surface area contributed by atoms with Gasteiger partial charge in [0.25, 0.3) is 0 Å². The lowest BCUT2D eigenvalue weighted by Gasteiger charge is -2.21. The lowest BCUT2D eigenvalue weighted by Crippen LogP contribution is -2.35. The first-order valence-corrected chi connectivity index (χ1v) is 7.37. The quantitative estimate of drug-likeness (QED) is 0.868. The van der Waals surface area contributed by atoms with E-state index in [4.69, 9.17) is 15.2 Å². The molecule has 0 spiro atoms. The SMILES string of the molecule is COc1ccc(OCCN(C)C(=O)C2CCC(N)C2)cc1.Cl. The first-order valence-electron chi connectivity index (χ1n) is 7.37. The minimum absolute atomic E-state index is 0. The number of methoxy groups -OCH3 is 1. The van der Waals surface area contributed by atoms with Gasteiger partial charge in [0, 0.05) is 19.0 Å². The van der Waals surface area contributed by atoms with Crippen molar-refractivity contribution in [2.24, 2.45) is 11.7 Å². The van der Waals surface area contributed by atoms with Gasteiger partial charge in [-0.2, -0.15) is 0 Å². The molecule has 1 aliphatic rings. The van der Waals surface area contributed by atoms with Crippen LogP contribution in [0.25, 0.3) is 0 Å². The van der Waals surface area contributed by atoms with Crippen LogP contribution >= 0.6 is 12.4 Å². The Hall–Kier alpha value is -1.46. The molecule has 1 saturated carbocycles. The van der Waals surface area contributed by atoms with E-state index in [-0.39, 0.29) is 30.3 Å². The van der Waals surface area contributed by atoms with Crippen molar-refractivity contribution in [3.8, 4) is 11.5 Å². The van der Waals surface area contributed by atoms with Gasteiger partial charge >= 0.3 is 0 Å². The van der Waals surface area contributed by atoms with Gasteiger partial charge < -0.3 is 20.1 Å². The van der Waals surface area contributed by atoms with E-state index in [9.17, 15) is 4.79 Å². The molecule has 0 aliphatic heterocycles. The van der Waals surface area contributed by atoms with Crippen molar-refractivity contribution in [3.63, 3.8) is 0 Å². The summed E-state index contributed by atoms with van der Waals surface area (Å²) in [6.45, 7) is 1.06. The van der Waals surface area contributed by atoms with Crippen LogP contribution in [-0.4, -0.2) is 44.2 Å². The molecule has 0 radical (unpaired) electrons. The van der Waals surface area contributed by atoms with Crippen molar-refractivity contribution >= 4 is 18.3 Å². The van der Waals surface area contributed by atoms with Gasteiger partial charge in [-0.1, -0.05) is 0 Å². The van der Waals surface area contributed by atoms with E-state index in [0.29, 0.717) is 13.2 Å². The largest absolute Gasteiger partial charge is 0.497 e. The van der Waals surface area contributed by atoms with Crippen molar-refractivity contribution in [1.29, 1.82) is 0 Å². The van der Waals surface area contributed by atoms with E-state index in [2.05, 4.69) is 0 Å². The summed E-state index contributed by atoms with van der Waals surface area (Å²) in [4.78, 5) is 14.0. The van der Waals surface area contributed by atoms with E-state index in [1.165, 1.54) is 0 Å². The molecule has 2 atom stereocenters. The third-order valence-corrected chi connectivity index (χ3v) is 3.95. The molecule has 6 heteroatoms. The van der Waals surface area contributed by atoms with Gasteiger partial charge in [0.2, 0.25) is 5.91 Å². The number of hydrogen-bond donors (Lipinski definition) is 1. The summed E-state index contributed by atoms with van der Waals surface area (Å²) in [5.74, 6) is 1.85. The first kappa shape index (κ1) is 18.6. The Kier molecular flexibility index (Phi) is 7.48. The average Bonchev–Trinajstić information content (AvgIpc) is 2.93. The zero-order valence-corrected chi connectivity index (χ0v) is 14.0. The lowest BCUT2D eigenvalue weighted by molar-refractivity contribution is -0.134. The maximum absolute atomic E-state index is 12.2. The zero-order chi connectivity index (χ0) is 15.2. The van der Waals surface area contributed by atoms with E-state index < -0.39 is 0 Å².